The predicted octanol–water partition coefficient (Wildman–Crippen LogP) is 2.59. The number of hydrogen-bond acceptors (Lipinski definition) is 4. The summed E-state index contributed by atoms with van der Waals surface area (Å²) in [7, 11) is 0. The van der Waals surface area contributed by atoms with Crippen molar-refractivity contribution in [3.63, 3.8) is 0 Å². The molecule has 156 valence electrons. The zero-order chi connectivity index (χ0) is 21.8. The van der Waals surface area contributed by atoms with Crippen LogP contribution in [0.5, 0.6) is 0 Å². The SMILES string of the molecule is CCC(C)NC(=O)c1nn(-c2ccc(C)c(C)c2)c(=O)n(Cc2ccccc2)c1=O. The van der Waals surface area contributed by atoms with Gasteiger partial charge >= 0.3 is 5.69 Å². The Morgan fingerprint density at radius 2 is 1.77 bits per heavy atom. The molecule has 0 saturated heterocycles. The number of hydrogen-bond donors (Lipinski definition) is 1. The lowest BCUT2D eigenvalue weighted by Gasteiger charge is -2.15. The predicted molar refractivity (Wildman–Crippen MR) is 116 cm³/mol. The lowest BCUT2D eigenvalue weighted by atomic mass is 10.1. The molecule has 0 radical (unpaired) electrons. The molecule has 0 aliphatic heterocycles. The van der Waals surface area contributed by atoms with Gasteiger partial charge in [0, 0.05) is 6.04 Å². The average molecular weight is 406 g/mol. The summed E-state index contributed by atoms with van der Waals surface area (Å²) >= 11 is 0. The minimum Gasteiger partial charge on any atom is -0.348 e. The minimum absolute atomic E-state index is 0.0511. The molecule has 3 rings (SSSR count). The molecule has 0 aliphatic carbocycles. The monoisotopic (exact) mass is 406 g/mol. The van der Waals surface area contributed by atoms with Crippen LogP contribution < -0.4 is 16.6 Å². The maximum Gasteiger partial charge on any atom is 0.352 e. The fourth-order valence-corrected chi connectivity index (χ4v) is 2.98. The molecule has 0 fully saturated rings. The molecule has 0 aliphatic rings. The first kappa shape index (κ1) is 21.2. The second kappa shape index (κ2) is 8.90. The van der Waals surface area contributed by atoms with Crippen LogP contribution in [0.3, 0.4) is 0 Å². The Morgan fingerprint density at radius 1 is 1.07 bits per heavy atom. The summed E-state index contributed by atoms with van der Waals surface area (Å²) in [5.41, 5.74) is 1.73. The number of aromatic nitrogens is 3. The van der Waals surface area contributed by atoms with Gasteiger partial charge < -0.3 is 5.32 Å². The Bertz CT molecular complexity index is 1180. The maximum absolute atomic E-state index is 13.2. The zero-order valence-corrected chi connectivity index (χ0v) is 17.7. The highest BCUT2D eigenvalue weighted by Gasteiger charge is 2.21. The molecule has 0 spiro atoms. The first-order valence-electron chi connectivity index (χ1n) is 9.98. The summed E-state index contributed by atoms with van der Waals surface area (Å²) in [5, 5.41) is 6.93. The average Bonchev–Trinajstić information content (AvgIpc) is 2.74. The quantitative estimate of drug-likeness (QED) is 0.682. The van der Waals surface area contributed by atoms with Crippen molar-refractivity contribution in [3.8, 4) is 5.69 Å². The van der Waals surface area contributed by atoms with Gasteiger partial charge in [-0.1, -0.05) is 43.3 Å². The van der Waals surface area contributed by atoms with Gasteiger partial charge in [0.15, 0.2) is 0 Å². The minimum atomic E-state index is -0.704. The summed E-state index contributed by atoms with van der Waals surface area (Å²) in [5.74, 6) is -0.589. The van der Waals surface area contributed by atoms with E-state index in [1.54, 1.807) is 6.07 Å². The van der Waals surface area contributed by atoms with Gasteiger partial charge in [-0.05, 0) is 56.0 Å². The van der Waals surface area contributed by atoms with Crippen molar-refractivity contribution in [3.05, 3.63) is 91.8 Å². The second-order valence-electron chi connectivity index (χ2n) is 7.47. The molecule has 3 aromatic rings. The van der Waals surface area contributed by atoms with E-state index in [0.29, 0.717) is 12.1 Å². The lowest BCUT2D eigenvalue weighted by molar-refractivity contribution is 0.0929. The lowest BCUT2D eigenvalue weighted by Crippen LogP contribution is -2.47. The molecule has 2 aromatic carbocycles. The molecule has 1 aromatic heterocycles. The molecular weight excluding hydrogens is 380 g/mol. The first-order chi connectivity index (χ1) is 14.3. The number of carbonyl (C=O) groups is 1. The molecule has 30 heavy (non-hydrogen) atoms. The molecule has 0 saturated carbocycles. The first-order valence-corrected chi connectivity index (χ1v) is 9.98. The topological polar surface area (TPSA) is 86.0 Å². The highest BCUT2D eigenvalue weighted by Crippen LogP contribution is 2.12. The molecule has 1 amide bonds. The van der Waals surface area contributed by atoms with E-state index in [9.17, 15) is 14.4 Å². The molecule has 7 nitrogen and oxygen atoms in total. The fourth-order valence-electron chi connectivity index (χ4n) is 2.98. The molecule has 0 bridgehead atoms. The number of benzene rings is 2. The van der Waals surface area contributed by atoms with Crippen LogP contribution in [0.4, 0.5) is 0 Å². The zero-order valence-electron chi connectivity index (χ0n) is 17.7. The van der Waals surface area contributed by atoms with Gasteiger partial charge in [-0.15, -0.1) is 0 Å². The number of nitrogens with zero attached hydrogens (tertiary/aromatic N) is 3. The van der Waals surface area contributed by atoms with Crippen molar-refractivity contribution in [1.82, 2.24) is 19.7 Å². The largest absolute Gasteiger partial charge is 0.352 e. The molecular formula is C23H26N4O3. The van der Waals surface area contributed by atoms with E-state index in [-0.39, 0.29) is 18.3 Å². The highest BCUT2D eigenvalue weighted by molar-refractivity contribution is 5.91. The van der Waals surface area contributed by atoms with Crippen LogP contribution in [0.15, 0.2) is 58.1 Å². The summed E-state index contributed by atoms with van der Waals surface area (Å²) in [6.45, 7) is 7.73. The van der Waals surface area contributed by atoms with Crippen molar-refractivity contribution in [2.75, 3.05) is 0 Å². The van der Waals surface area contributed by atoms with Crippen molar-refractivity contribution < 1.29 is 4.79 Å². The van der Waals surface area contributed by atoms with E-state index in [1.807, 2.05) is 70.2 Å². The smallest absolute Gasteiger partial charge is 0.348 e. The molecule has 1 heterocycles. The normalized spacial score (nSPS) is 11.9. The van der Waals surface area contributed by atoms with Crippen LogP contribution in [0, 0.1) is 13.8 Å². The number of rotatable bonds is 6. The van der Waals surface area contributed by atoms with Crippen LogP contribution >= 0.6 is 0 Å². The van der Waals surface area contributed by atoms with Gasteiger partial charge in [0.05, 0.1) is 12.2 Å². The van der Waals surface area contributed by atoms with Gasteiger partial charge in [-0.3, -0.25) is 14.2 Å². The van der Waals surface area contributed by atoms with Crippen LogP contribution in [-0.2, 0) is 6.54 Å². The summed E-state index contributed by atoms with van der Waals surface area (Å²) < 4.78 is 2.19. The third-order valence-electron chi connectivity index (χ3n) is 5.18. The van der Waals surface area contributed by atoms with Crippen molar-refractivity contribution in [2.24, 2.45) is 0 Å². The van der Waals surface area contributed by atoms with Gasteiger partial charge in [-0.25, -0.2) is 4.79 Å². The highest BCUT2D eigenvalue weighted by atomic mass is 16.2. The van der Waals surface area contributed by atoms with Crippen LogP contribution in [-0.4, -0.2) is 26.3 Å². The fraction of sp³-hybridized carbons (Fsp3) is 0.304. The van der Waals surface area contributed by atoms with Gasteiger partial charge in [0.25, 0.3) is 11.5 Å². The maximum atomic E-state index is 13.2. The van der Waals surface area contributed by atoms with Gasteiger partial charge in [0.2, 0.25) is 5.69 Å². The van der Waals surface area contributed by atoms with Crippen LogP contribution in [0.1, 0.15) is 47.4 Å². The van der Waals surface area contributed by atoms with E-state index < -0.39 is 17.2 Å². The Hall–Kier alpha value is -3.48. The Labute approximate surface area is 175 Å². The van der Waals surface area contributed by atoms with E-state index >= 15 is 0 Å². The molecule has 1 unspecified atom stereocenters. The third-order valence-corrected chi connectivity index (χ3v) is 5.18. The van der Waals surface area contributed by atoms with E-state index in [4.69, 9.17) is 0 Å². The Morgan fingerprint density at radius 3 is 2.40 bits per heavy atom. The molecule has 1 N–H and O–H groups in total. The van der Waals surface area contributed by atoms with Crippen molar-refractivity contribution >= 4 is 5.91 Å². The van der Waals surface area contributed by atoms with Crippen molar-refractivity contribution in [2.45, 2.75) is 46.7 Å². The molecule has 1 atom stereocenters. The molecule has 7 heteroatoms. The standard InChI is InChI=1S/C23H26N4O3/c1-5-17(4)24-21(28)20-22(29)26(14-18-9-7-6-8-10-18)23(30)27(25-20)19-12-11-15(2)16(3)13-19/h6-13,17H,5,14H2,1-4H3,(H,24,28). The van der Waals surface area contributed by atoms with Gasteiger partial charge in [-0.2, -0.15) is 9.78 Å². The van der Waals surface area contributed by atoms with Crippen molar-refractivity contribution in [1.29, 1.82) is 0 Å². The van der Waals surface area contributed by atoms with Crippen LogP contribution in [0.25, 0.3) is 5.69 Å². The Kier molecular flexibility index (Phi) is 6.30. The second-order valence-corrected chi connectivity index (χ2v) is 7.47. The Balaban J connectivity index is 2.21. The number of nitrogens with one attached hydrogen (secondary N) is 1. The summed E-state index contributed by atoms with van der Waals surface area (Å²) in [6.07, 6.45) is 0.709. The van der Waals surface area contributed by atoms with E-state index in [0.717, 1.165) is 25.9 Å². The number of aryl methyl sites for hydroxylation is 2. The third kappa shape index (κ3) is 4.40. The van der Waals surface area contributed by atoms with Crippen LogP contribution in [0.2, 0.25) is 0 Å². The summed E-state index contributed by atoms with van der Waals surface area (Å²) in [4.78, 5) is 39.0. The van der Waals surface area contributed by atoms with Gasteiger partial charge in [0.1, 0.15) is 0 Å². The summed E-state index contributed by atoms with van der Waals surface area (Å²) in [6, 6.07) is 14.5. The van der Waals surface area contributed by atoms with E-state index in [2.05, 4.69) is 10.4 Å². The van der Waals surface area contributed by atoms with E-state index in [1.165, 1.54) is 0 Å². The number of amides is 1. The number of carbonyl (C=O) groups excluding carboxylic acids is 1.